The van der Waals surface area contributed by atoms with E-state index >= 15 is 0 Å². The summed E-state index contributed by atoms with van der Waals surface area (Å²) >= 11 is 1.63. The van der Waals surface area contributed by atoms with Gasteiger partial charge in [-0.05, 0) is 39.2 Å². The van der Waals surface area contributed by atoms with Gasteiger partial charge in [-0.15, -0.1) is 11.3 Å². The number of amides is 1. The predicted molar refractivity (Wildman–Crippen MR) is 86.5 cm³/mol. The Morgan fingerprint density at radius 2 is 2.27 bits per heavy atom. The van der Waals surface area contributed by atoms with Crippen LogP contribution >= 0.6 is 11.3 Å². The van der Waals surface area contributed by atoms with Crippen molar-refractivity contribution in [1.82, 2.24) is 14.3 Å². The standard InChI is InChI=1S/C16H18N4OS/c1-11-9-20-13(12(2)18-15(20)22-11)5-6-14(21)19(3)16(10-17)7-4-8-16/h5-6,9H,4,7-8H2,1-3H3. The number of fused-ring (bicyclic) bond motifs is 1. The van der Waals surface area contributed by atoms with Gasteiger partial charge < -0.3 is 4.90 Å². The highest BCUT2D eigenvalue weighted by Gasteiger charge is 2.42. The lowest BCUT2D eigenvalue weighted by atomic mass is 9.76. The second kappa shape index (κ2) is 5.25. The molecule has 6 heteroatoms. The molecule has 5 nitrogen and oxygen atoms in total. The number of likely N-dealkylation sites (N-methyl/N-ethyl adjacent to an activating group) is 1. The highest BCUT2D eigenvalue weighted by molar-refractivity contribution is 7.17. The second-order valence-electron chi connectivity index (χ2n) is 5.80. The van der Waals surface area contributed by atoms with Gasteiger partial charge in [0.15, 0.2) is 4.96 Å². The van der Waals surface area contributed by atoms with Gasteiger partial charge in [-0.3, -0.25) is 9.20 Å². The molecule has 0 N–H and O–H groups in total. The SMILES string of the molecule is Cc1cn2c(C=CC(=O)N(C)C3(C#N)CCC3)c(C)nc2s1. The van der Waals surface area contributed by atoms with Gasteiger partial charge >= 0.3 is 0 Å². The Kier molecular flexibility index (Phi) is 3.53. The van der Waals surface area contributed by atoms with Gasteiger partial charge in [0.05, 0.1) is 17.5 Å². The average Bonchev–Trinajstić information content (AvgIpc) is 2.91. The fourth-order valence-corrected chi connectivity index (χ4v) is 3.67. The molecular weight excluding hydrogens is 296 g/mol. The van der Waals surface area contributed by atoms with E-state index in [2.05, 4.69) is 11.1 Å². The van der Waals surface area contributed by atoms with Crippen LogP contribution in [0.25, 0.3) is 11.0 Å². The van der Waals surface area contributed by atoms with Crippen molar-refractivity contribution in [2.24, 2.45) is 0 Å². The number of aromatic nitrogens is 2. The van der Waals surface area contributed by atoms with E-state index in [0.717, 1.165) is 35.6 Å². The van der Waals surface area contributed by atoms with Gasteiger partial charge in [0.1, 0.15) is 5.54 Å². The first-order valence-corrected chi connectivity index (χ1v) is 8.11. The molecule has 0 bridgehead atoms. The van der Waals surface area contributed by atoms with Crippen LogP contribution in [0.3, 0.4) is 0 Å². The van der Waals surface area contributed by atoms with Crippen molar-refractivity contribution < 1.29 is 4.79 Å². The number of rotatable bonds is 3. The van der Waals surface area contributed by atoms with Crippen LogP contribution in [0.2, 0.25) is 0 Å². The monoisotopic (exact) mass is 314 g/mol. The minimum atomic E-state index is -0.609. The summed E-state index contributed by atoms with van der Waals surface area (Å²) in [5.74, 6) is -0.137. The molecule has 0 aromatic carbocycles. The quantitative estimate of drug-likeness (QED) is 0.818. The van der Waals surface area contributed by atoms with Crippen LogP contribution in [0.5, 0.6) is 0 Å². The van der Waals surface area contributed by atoms with Gasteiger partial charge in [-0.2, -0.15) is 5.26 Å². The van der Waals surface area contributed by atoms with Gasteiger partial charge in [0.25, 0.3) is 0 Å². The van der Waals surface area contributed by atoms with Gasteiger partial charge in [-0.1, -0.05) is 0 Å². The van der Waals surface area contributed by atoms with Crippen LogP contribution in [0, 0.1) is 25.2 Å². The van der Waals surface area contributed by atoms with Crippen molar-refractivity contribution in [3.63, 3.8) is 0 Å². The smallest absolute Gasteiger partial charge is 0.247 e. The minimum Gasteiger partial charge on any atom is -0.323 e. The van der Waals surface area contributed by atoms with Gasteiger partial charge in [-0.25, -0.2) is 4.98 Å². The van der Waals surface area contributed by atoms with Crippen molar-refractivity contribution in [3.8, 4) is 6.07 Å². The lowest BCUT2D eigenvalue weighted by Gasteiger charge is -2.42. The first-order valence-electron chi connectivity index (χ1n) is 7.29. The van der Waals surface area contributed by atoms with E-state index in [1.165, 1.54) is 4.88 Å². The van der Waals surface area contributed by atoms with Crippen molar-refractivity contribution in [2.75, 3.05) is 7.05 Å². The normalized spacial score (nSPS) is 16.6. The Bertz CT molecular complexity index is 804. The molecule has 0 aliphatic heterocycles. The molecule has 0 atom stereocenters. The van der Waals surface area contributed by atoms with E-state index in [-0.39, 0.29) is 5.91 Å². The van der Waals surface area contributed by atoms with Crippen molar-refractivity contribution in [2.45, 2.75) is 38.6 Å². The van der Waals surface area contributed by atoms with Crippen LogP contribution in [0.4, 0.5) is 0 Å². The molecule has 22 heavy (non-hydrogen) atoms. The van der Waals surface area contributed by atoms with E-state index in [9.17, 15) is 10.1 Å². The molecule has 0 saturated heterocycles. The topological polar surface area (TPSA) is 61.4 Å². The van der Waals surface area contributed by atoms with E-state index in [4.69, 9.17) is 0 Å². The fourth-order valence-electron chi connectivity index (χ4n) is 2.79. The zero-order valence-corrected chi connectivity index (χ0v) is 13.8. The Hall–Kier alpha value is -2.13. The molecule has 114 valence electrons. The van der Waals surface area contributed by atoms with Crippen molar-refractivity contribution in [3.05, 3.63) is 28.5 Å². The van der Waals surface area contributed by atoms with E-state index in [0.29, 0.717) is 0 Å². The number of hydrogen-bond acceptors (Lipinski definition) is 4. The van der Waals surface area contributed by atoms with Crippen LogP contribution in [-0.4, -0.2) is 32.8 Å². The second-order valence-corrected chi connectivity index (χ2v) is 7.02. The summed E-state index contributed by atoms with van der Waals surface area (Å²) < 4.78 is 2.00. The maximum Gasteiger partial charge on any atom is 0.247 e. The molecule has 1 amide bonds. The lowest BCUT2D eigenvalue weighted by molar-refractivity contribution is -0.130. The highest BCUT2D eigenvalue weighted by atomic mass is 32.1. The zero-order valence-electron chi connectivity index (χ0n) is 13.0. The minimum absolute atomic E-state index is 0.137. The number of nitriles is 1. The number of nitrogens with zero attached hydrogens (tertiary/aromatic N) is 4. The third-order valence-electron chi connectivity index (χ3n) is 4.41. The average molecular weight is 314 g/mol. The molecule has 0 radical (unpaired) electrons. The number of carbonyl (C=O) groups is 1. The van der Waals surface area contributed by atoms with Gasteiger partial charge in [0, 0.05) is 24.2 Å². The van der Waals surface area contributed by atoms with Crippen LogP contribution in [0.15, 0.2) is 12.3 Å². The Morgan fingerprint density at radius 3 is 2.86 bits per heavy atom. The molecule has 1 aliphatic rings. The molecule has 1 saturated carbocycles. The molecule has 0 unspecified atom stereocenters. The summed E-state index contributed by atoms with van der Waals surface area (Å²) in [6, 6.07) is 2.29. The number of hydrogen-bond donors (Lipinski definition) is 0. The molecule has 2 aromatic rings. The Morgan fingerprint density at radius 1 is 1.55 bits per heavy atom. The number of carbonyl (C=O) groups excluding carboxylic acids is 1. The summed E-state index contributed by atoms with van der Waals surface area (Å²) in [5.41, 5.74) is 1.21. The third-order valence-corrected chi connectivity index (χ3v) is 5.31. The molecule has 3 rings (SSSR count). The summed E-state index contributed by atoms with van der Waals surface area (Å²) in [5, 5.41) is 9.32. The summed E-state index contributed by atoms with van der Waals surface area (Å²) in [7, 11) is 1.71. The highest BCUT2D eigenvalue weighted by Crippen LogP contribution is 2.36. The molecule has 0 spiro atoms. The predicted octanol–water partition coefficient (Wildman–Crippen LogP) is 2.93. The van der Waals surface area contributed by atoms with Crippen molar-refractivity contribution >= 4 is 28.3 Å². The number of aryl methyl sites for hydroxylation is 2. The Balaban J connectivity index is 1.85. The van der Waals surface area contributed by atoms with Crippen LogP contribution in [-0.2, 0) is 4.79 Å². The fraction of sp³-hybridized carbons (Fsp3) is 0.438. The van der Waals surface area contributed by atoms with Crippen molar-refractivity contribution in [1.29, 1.82) is 5.26 Å². The molecule has 2 aromatic heterocycles. The molecule has 1 aliphatic carbocycles. The Labute approximate surface area is 133 Å². The van der Waals surface area contributed by atoms with E-state index in [1.807, 2.05) is 24.4 Å². The summed E-state index contributed by atoms with van der Waals surface area (Å²) in [6.07, 6.45) is 7.89. The first kappa shape index (κ1) is 14.8. The van der Waals surface area contributed by atoms with Crippen LogP contribution < -0.4 is 0 Å². The summed E-state index contributed by atoms with van der Waals surface area (Å²) in [6.45, 7) is 3.97. The lowest BCUT2D eigenvalue weighted by Crippen LogP contribution is -2.52. The maximum atomic E-state index is 12.4. The third kappa shape index (κ3) is 2.22. The molecule has 2 heterocycles. The van der Waals surface area contributed by atoms with E-state index in [1.54, 1.807) is 35.4 Å². The first-order chi connectivity index (χ1) is 10.5. The van der Waals surface area contributed by atoms with E-state index < -0.39 is 5.54 Å². The maximum absolute atomic E-state index is 12.4. The summed E-state index contributed by atoms with van der Waals surface area (Å²) in [4.78, 5) is 20.5. The largest absolute Gasteiger partial charge is 0.323 e. The van der Waals surface area contributed by atoms with Crippen LogP contribution in [0.1, 0.15) is 35.5 Å². The number of imidazole rings is 1. The number of thiazole rings is 1. The zero-order chi connectivity index (χ0) is 15.9. The molecule has 1 fully saturated rings. The molecular formula is C16H18N4OS. The van der Waals surface area contributed by atoms with Gasteiger partial charge in [0.2, 0.25) is 5.91 Å².